The van der Waals surface area contributed by atoms with Gasteiger partial charge in [0, 0.05) is 11.6 Å². The molecule has 1 heterocycles. The van der Waals surface area contributed by atoms with Gasteiger partial charge in [-0.25, -0.2) is 4.98 Å². The summed E-state index contributed by atoms with van der Waals surface area (Å²) >= 11 is 0. The van der Waals surface area contributed by atoms with Crippen LogP contribution < -0.4 is 5.32 Å². The normalized spacial score (nSPS) is 20.8. The van der Waals surface area contributed by atoms with Gasteiger partial charge in [0.1, 0.15) is 5.76 Å². The number of oxazole rings is 1. The molecule has 0 spiro atoms. The van der Waals surface area contributed by atoms with Gasteiger partial charge in [0.25, 0.3) is 0 Å². The molecule has 1 aromatic carbocycles. The predicted molar refractivity (Wildman–Crippen MR) is 104 cm³/mol. The molecule has 0 radical (unpaired) electrons. The largest absolute Gasteiger partial charge is 0.441 e. The number of aromatic nitrogens is 1. The first-order chi connectivity index (χ1) is 12.3. The fraction of sp³-hybridized carbons (Fsp3) is 0.545. The molecule has 1 saturated carbocycles. The van der Waals surface area contributed by atoms with Crippen molar-refractivity contribution in [1.29, 1.82) is 0 Å². The lowest BCUT2D eigenvalue weighted by molar-refractivity contribution is -0.122. The Labute approximate surface area is 156 Å². The highest BCUT2D eigenvalue weighted by Crippen LogP contribution is 2.38. The van der Waals surface area contributed by atoms with Crippen molar-refractivity contribution in [2.75, 3.05) is 0 Å². The zero-order chi connectivity index (χ0) is 18.7. The third kappa shape index (κ3) is 4.35. The topological polar surface area (TPSA) is 55.1 Å². The van der Waals surface area contributed by atoms with Gasteiger partial charge in [-0.1, -0.05) is 51.8 Å². The summed E-state index contributed by atoms with van der Waals surface area (Å²) in [7, 11) is 0. The van der Waals surface area contributed by atoms with Crippen LogP contribution in [0.2, 0.25) is 0 Å². The summed E-state index contributed by atoms with van der Waals surface area (Å²) in [5, 5.41) is 3.28. The summed E-state index contributed by atoms with van der Waals surface area (Å²) in [6.07, 6.45) is 4.99. The molecule has 140 valence electrons. The average Bonchev–Trinajstić information content (AvgIpc) is 2.96. The number of rotatable bonds is 4. The minimum atomic E-state index is 0.0437. The highest BCUT2D eigenvalue weighted by Gasteiger charge is 2.35. The van der Waals surface area contributed by atoms with Crippen LogP contribution in [0.3, 0.4) is 0 Å². The van der Waals surface area contributed by atoms with Gasteiger partial charge in [0.15, 0.2) is 0 Å². The van der Waals surface area contributed by atoms with Crippen LogP contribution in [0.1, 0.15) is 57.9 Å². The fourth-order valence-electron chi connectivity index (χ4n) is 4.05. The molecule has 4 heteroatoms. The van der Waals surface area contributed by atoms with Gasteiger partial charge in [0.05, 0.1) is 12.1 Å². The van der Waals surface area contributed by atoms with Crippen LogP contribution in [-0.2, 0) is 11.2 Å². The van der Waals surface area contributed by atoms with Gasteiger partial charge < -0.3 is 9.73 Å². The van der Waals surface area contributed by atoms with Crippen LogP contribution in [-0.4, -0.2) is 16.9 Å². The van der Waals surface area contributed by atoms with Crippen LogP contribution in [0.4, 0.5) is 0 Å². The van der Waals surface area contributed by atoms with E-state index in [0.717, 1.165) is 23.4 Å². The third-order valence-corrected chi connectivity index (χ3v) is 5.47. The zero-order valence-corrected chi connectivity index (χ0v) is 16.3. The molecule has 4 nitrogen and oxygen atoms in total. The molecule has 26 heavy (non-hydrogen) atoms. The number of nitrogens with zero attached hydrogens (tertiary/aromatic N) is 1. The Bertz CT molecular complexity index is 743. The number of carbonyl (C=O) groups is 1. The molecule has 1 N–H and O–H groups in total. The molecule has 1 amide bonds. The van der Waals surface area contributed by atoms with Gasteiger partial charge in [-0.3, -0.25) is 4.79 Å². The fourth-order valence-corrected chi connectivity index (χ4v) is 4.05. The molecule has 0 aliphatic heterocycles. The van der Waals surface area contributed by atoms with E-state index in [4.69, 9.17) is 4.42 Å². The van der Waals surface area contributed by atoms with Crippen molar-refractivity contribution < 1.29 is 9.21 Å². The molecule has 1 fully saturated rings. The van der Waals surface area contributed by atoms with Gasteiger partial charge >= 0.3 is 0 Å². The quantitative estimate of drug-likeness (QED) is 0.848. The summed E-state index contributed by atoms with van der Waals surface area (Å²) in [5.41, 5.74) is 1.87. The number of hydrogen-bond donors (Lipinski definition) is 1. The molecule has 2 unspecified atom stereocenters. The Morgan fingerprint density at radius 3 is 2.58 bits per heavy atom. The van der Waals surface area contributed by atoms with E-state index in [-0.39, 0.29) is 23.8 Å². The Hall–Kier alpha value is -2.10. The standard InChI is InChI=1S/C22H30N2O2/c1-15-19(24-21(26-15)16-10-6-5-7-11-16)14-20(25)23-18-13-9-8-12-17(18)22(2,3)4/h5-7,10-11,17-18H,8-9,12-14H2,1-4H3,(H,23,25). The molecule has 2 aromatic rings. The minimum Gasteiger partial charge on any atom is -0.441 e. The zero-order valence-electron chi connectivity index (χ0n) is 16.3. The van der Waals surface area contributed by atoms with Crippen molar-refractivity contribution in [2.45, 2.75) is 65.8 Å². The van der Waals surface area contributed by atoms with E-state index in [1.165, 1.54) is 19.3 Å². The van der Waals surface area contributed by atoms with Crippen molar-refractivity contribution in [1.82, 2.24) is 10.3 Å². The third-order valence-electron chi connectivity index (χ3n) is 5.47. The summed E-state index contributed by atoms with van der Waals surface area (Å²) in [6.45, 7) is 8.70. The summed E-state index contributed by atoms with van der Waals surface area (Å²) in [4.78, 5) is 17.2. The highest BCUT2D eigenvalue weighted by molar-refractivity contribution is 5.78. The van der Waals surface area contributed by atoms with E-state index in [1.54, 1.807) is 0 Å². The number of aryl methyl sites for hydroxylation is 1. The van der Waals surface area contributed by atoms with Crippen LogP contribution in [0.25, 0.3) is 11.5 Å². The highest BCUT2D eigenvalue weighted by atomic mass is 16.4. The van der Waals surface area contributed by atoms with Gasteiger partial charge in [-0.05, 0) is 43.2 Å². The molecule has 3 rings (SSSR count). The molecular formula is C22H30N2O2. The molecule has 1 aromatic heterocycles. The SMILES string of the molecule is Cc1oc(-c2ccccc2)nc1CC(=O)NC1CCCCC1C(C)(C)C. The van der Waals surface area contributed by atoms with Gasteiger partial charge in [-0.15, -0.1) is 0 Å². The lowest BCUT2D eigenvalue weighted by Gasteiger charge is -2.40. The smallest absolute Gasteiger partial charge is 0.226 e. The first-order valence-corrected chi connectivity index (χ1v) is 9.65. The maximum absolute atomic E-state index is 12.7. The van der Waals surface area contributed by atoms with Crippen molar-refractivity contribution >= 4 is 5.91 Å². The van der Waals surface area contributed by atoms with Gasteiger partial charge in [0.2, 0.25) is 11.8 Å². The van der Waals surface area contributed by atoms with E-state index >= 15 is 0 Å². The maximum Gasteiger partial charge on any atom is 0.226 e. The second-order valence-corrected chi connectivity index (χ2v) is 8.50. The molecule has 1 aliphatic carbocycles. The summed E-state index contributed by atoms with van der Waals surface area (Å²) < 4.78 is 5.78. The Morgan fingerprint density at radius 2 is 1.88 bits per heavy atom. The van der Waals surface area contributed by atoms with Gasteiger partial charge in [-0.2, -0.15) is 0 Å². The predicted octanol–water partition coefficient (Wildman–Crippen LogP) is 4.91. The van der Waals surface area contributed by atoms with Crippen LogP contribution >= 0.6 is 0 Å². The van der Waals surface area contributed by atoms with Crippen molar-refractivity contribution in [3.05, 3.63) is 41.8 Å². The Kier molecular flexibility index (Phi) is 5.49. The molecule has 0 saturated heterocycles. The van der Waals surface area contributed by atoms with Crippen molar-refractivity contribution in [2.24, 2.45) is 11.3 Å². The first-order valence-electron chi connectivity index (χ1n) is 9.65. The number of benzene rings is 1. The second kappa shape index (κ2) is 7.65. The molecule has 1 aliphatic rings. The maximum atomic E-state index is 12.7. The second-order valence-electron chi connectivity index (χ2n) is 8.50. The molecular weight excluding hydrogens is 324 g/mol. The average molecular weight is 354 g/mol. The monoisotopic (exact) mass is 354 g/mol. The van der Waals surface area contributed by atoms with E-state index < -0.39 is 0 Å². The Morgan fingerprint density at radius 1 is 1.19 bits per heavy atom. The lowest BCUT2D eigenvalue weighted by atomic mass is 9.69. The van der Waals surface area contributed by atoms with E-state index in [2.05, 4.69) is 31.1 Å². The number of hydrogen-bond acceptors (Lipinski definition) is 3. The number of amides is 1. The van der Waals surface area contributed by atoms with Crippen molar-refractivity contribution in [3.63, 3.8) is 0 Å². The summed E-state index contributed by atoms with van der Waals surface area (Å²) in [5.74, 6) is 1.87. The van der Waals surface area contributed by atoms with E-state index in [0.29, 0.717) is 11.8 Å². The molecule has 2 atom stereocenters. The summed E-state index contributed by atoms with van der Waals surface area (Å²) in [6, 6.07) is 10.1. The lowest BCUT2D eigenvalue weighted by Crippen LogP contribution is -2.47. The first kappa shape index (κ1) is 18.7. The van der Waals surface area contributed by atoms with E-state index in [9.17, 15) is 4.79 Å². The minimum absolute atomic E-state index is 0.0437. The van der Waals surface area contributed by atoms with Crippen LogP contribution in [0.15, 0.2) is 34.7 Å². The van der Waals surface area contributed by atoms with Crippen LogP contribution in [0, 0.1) is 18.3 Å². The van der Waals surface area contributed by atoms with Crippen molar-refractivity contribution in [3.8, 4) is 11.5 Å². The number of carbonyl (C=O) groups excluding carboxylic acids is 1. The molecule has 0 bridgehead atoms. The van der Waals surface area contributed by atoms with E-state index in [1.807, 2.05) is 37.3 Å². The van der Waals surface area contributed by atoms with Crippen LogP contribution in [0.5, 0.6) is 0 Å². The Balaban J connectivity index is 1.67. The number of nitrogens with one attached hydrogen (secondary N) is 1.